The third kappa shape index (κ3) is 60.9. The molecular formula is C67H130O17P2. The number of carbonyl (C=O) groups is 4. The smallest absolute Gasteiger partial charge is 0.462 e. The number of phosphoric ester groups is 2. The summed E-state index contributed by atoms with van der Waals surface area (Å²) < 4.78 is 67.9. The van der Waals surface area contributed by atoms with Crippen LogP contribution in [-0.4, -0.2) is 96.7 Å². The number of ether oxygens (including phenoxy) is 4. The van der Waals surface area contributed by atoms with Gasteiger partial charge in [-0.3, -0.25) is 37.3 Å². The summed E-state index contributed by atoms with van der Waals surface area (Å²) in [6.07, 6.45) is 43.7. The van der Waals surface area contributed by atoms with Crippen LogP contribution in [0.5, 0.6) is 0 Å². The van der Waals surface area contributed by atoms with Crippen molar-refractivity contribution >= 4 is 39.5 Å². The van der Waals surface area contributed by atoms with Crippen molar-refractivity contribution in [2.24, 2.45) is 11.8 Å². The van der Waals surface area contributed by atoms with Gasteiger partial charge in [-0.05, 0) is 37.5 Å². The van der Waals surface area contributed by atoms with E-state index in [1.54, 1.807) is 0 Å². The SMILES string of the molecule is CCCCCCCCCCCCCCCCCCCC(=O)O[C@H](COC(=O)CCCCCCCCCCCCCCC(C)C)COP(=O)(O)OC[C@@H](O)COP(=O)(O)OC[C@@H](COC(=O)CCCCCCC)OC(=O)CCCCCCCCC(C)C. The fourth-order valence-electron chi connectivity index (χ4n) is 10.1. The molecule has 510 valence electrons. The summed E-state index contributed by atoms with van der Waals surface area (Å²) in [6.45, 7) is 9.35. The molecule has 19 heteroatoms. The Labute approximate surface area is 524 Å². The molecule has 0 aliphatic carbocycles. The van der Waals surface area contributed by atoms with Crippen molar-refractivity contribution in [3.63, 3.8) is 0 Å². The lowest BCUT2D eigenvalue weighted by Crippen LogP contribution is -2.30. The number of rotatable bonds is 66. The van der Waals surface area contributed by atoms with Gasteiger partial charge in [0, 0.05) is 25.7 Å². The predicted molar refractivity (Wildman–Crippen MR) is 345 cm³/mol. The second-order valence-electron chi connectivity index (χ2n) is 25.2. The highest BCUT2D eigenvalue weighted by atomic mass is 31.2. The molecule has 0 saturated carbocycles. The summed E-state index contributed by atoms with van der Waals surface area (Å²) in [4.78, 5) is 72.1. The number of carbonyl (C=O) groups excluding carboxylic acids is 4. The first kappa shape index (κ1) is 84.1. The molecule has 3 N–H and O–H groups in total. The van der Waals surface area contributed by atoms with Crippen molar-refractivity contribution in [1.82, 2.24) is 0 Å². The van der Waals surface area contributed by atoms with Gasteiger partial charge < -0.3 is 33.8 Å². The van der Waals surface area contributed by atoms with Gasteiger partial charge in [0.2, 0.25) is 0 Å². The zero-order chi connectivity index (χ0) is 63.6. The Kier molecular flexibility index (Phi) is 58.0. The first-order chi connectivity index (χ1) is 41.4. The molecule has 0 heterocycles. The average Bonchev–Trinajstić information content (AvgIpc) is 3.48. The van der Waals surface area contributed by atoms with Crippen molar-refractivity contribution < 1.29 is 80.2 Å². The summed E-state index contributed by atoms with van der Waals surface area (Å²) in [6, 6.07) is 0. The Morgan fingerprint density at radius 2 is 0.535 bits per heavy atom. The highest BCUT2D eigenvalue weighted by Gasteiger charge is 2.30. The van der Waals surface area contributed by atoms with E-state index in [1.807, 2.05) is 0 Å². The van der Waals surface area contributed by atoms with Crippen LogP contribution in [0.2, 0.25) is 0 Å². The maximum Gasteiger partial charge on any atom is 0.472 e. The van der Waals surface area contributed by atoms with Crippen LogP contribution >= 0.6 is 15.6 Å². The van der Waals surface area contributed by atoms with Crippen LogP contribution in [0.1, 0.15) is 337 Å². The van der Waals surface area contributed by atoms with E-state index in [0.717, 1.165) is 102 Å². The lowest BCUT2D eigenvalue weighted by molar-refractivity contribution is -0.161. The second-order valence-corrected chi connectivity index (χ2v) is 28.1. The number of unbranched alkanes of at least 4 members (excludes halogenated alkanes) is 36. The molecule has 2 unspecified atom stereocenters. The number of hydrogen-bond acceptors (Lipinski definition) is 15. The molecule has 0 amide bonds. The number of esters is 4. The minimum atomic E-state index is -4.95. The van der Waals surface area contributed by atoms with E-state index in [2.05, 4.69) is 41.5 Å². The van der Waals surface area contributed by atoms with Crippen molar-refractivity contribution in [2.75, 3.05) is 39.6 Å². The molecule has 0 aromatic rings. The van der Waals surface area contributed by atoms with Crippen LogP contribution < -0.4 is 0 Å². The quantitative estimate of drug-likeness (QED) is 0.0222. The first-order valence-corrected chi connectivity index (χ1v) is 38.0. The summed E-state index contributed by atoms with van der Waals surface area (Å²) in [7, 11) is -9.88. The number of phosphoric acid groups is 2. The molecule has 86 heavy (non-hydrogen) atoms. The van der Waals surface area contributed by atoms with Gasteiger partial charge in [0.25, 0.3) is 0 Å². The molecule has 5 atom stereocenters. The Balaban J connectivity index is 5.15. The van der Waals surface area contributed by atoms with Gasteiger partial charge in [-0.1, -0.05) is 286 Å². The third-order valence-corrected chi connectivity index (χ3v) is 17.4. The van der Waals surface area contributed by atoms with E-state index in [9.17, 15) is 43.2 Å². The third-order valence-electron chi connectivity index (χ3n) is 15.5. The zero-order valence-corrected chi connectivity index (χ0v) is 57.4. The van der Waals surface area contributed by atoms with Crippen LogP contribution in [0.4, 0.5) is 0 Å². The van der Waals surface area contributed by atoms with E-state index in [4.69, 9.17) is 37.0 Å². The average molecular weight is 1270 g/mol. The molecule has 0 saturated heterocycles. The van der Waals surface area contributed by atoms with Crippen LogP contribution in [-0.2, 0) is 65.4 Å². The molecule has 0 aromatic heterocycles. The molecule has 0 rings (SSSR count). The van der Waals surface area contributed by atoms with Crippen LogP contribution in [0, 0.1) is 11.8 Å². The van der Waals surface area contributed by atoms with Crippen molar-refractivity contribution in [2.45, 2.75) is 355 Å². The van der Waals surface area contributed by atoms with Crippen molar-refractivity contribution in [3.05, 3.63) is 0 Å². The van der Waals surface area contributed by atoms with E-state index >= 15 is 0 Å². The molecule has 0 fully saturated rings. The zero-order valence-electron chi connectivity index (χ0n) is 55.6. The highest BCUT2D eigenvalue weighted by Crippen LogP contribution is 2.45. The van der Waals surface area contributed by atoms with Gasteiger partial charge in [0.15, 0.2) is 12.2 Å². The Morgan fingerprint density at radius 1 is 0.314 bits per heavy atom. The topological polar surface area (TPSA) is 237 Å². The van der Waals surface area contributed by atoms with Gasteiger partial charge >= 0.3 is 39.5 Å². The van der Waals surface area contributed by atoms with Crippen LogP contribution in [0.3, 0.4) is 0 Å². The van der Waals surface area contributed by atoms with Gasteiger partial charge in [0.05, 0.1) is 26.4 Å². The van der Waals surface area contributed by atoms with Crippen molar-refractivity contribution in [3.8, 4) is 0 Å². The monoisotopic (exact) mass is 1270 g/mol. The minimum absolute atomic E-state index is 0.101. The Bertz CT molecular complexity index is 1680. The van der Waals surface area contributed by atoms with Gasteiger partial charge in [-0.2, -0.15) is 0 Å². The van der Waals surface area contributed by atoms with E-state index in [0.29, 0.717) is 31.6 Å². The van der Waals surface area contributed by atoms with E-state index in [1.165, 1.54) is 148 Å². The van der Waals surface area contributed by atoms with Crippen LogP contribution in [0.15, 0.2) is 0 Å². The fourth-order valence-corrected chi connectivity index (χ4v) is 11.6. The van der Waals surface area contributed by atoms with E-state index in [-0.39, 0.29) is 25.7 Å². The van der Waals surface area contributed by atoms with Crippen LogP contribution in [0.25, 0.3) is 0 Å². The summed E-state index contributed by atoms with van der Waals surface area (Å²) in [5.74, 6) is -0.692. The first-order valence-electron chi connectivity index (χ1n) is 35.0. The molecule has 0 radical (unpaired) electrons. The molecule has 0 spiro atoms. The fraction of sp³-hybridized carbons (Fsp3) is 0.940. The lowest BCUT2D eigenvalue weighted by atomic mass is 10.0. The maximum atomic E-state index is 13.0. The van der Waals surface area contributed by atoms with E-state index < -0.39 is 97.5 Å². The molecule has 0 aromatic carbocycles. The second kappa shape index (κ2) is 59.4. The summed E-state index contributed by atoms with van der Waals surface area (Å²) >= 11 is 0. The molecule has 0 aliphatic rings. The number of aliphatic hydroxyl groups excluding tert-OH is 1. The number of aliphatic hydroxyl groups is 1. The highest BCUT2D eigenvalue weighted by molar-refractivity contribution is 7.47. The molecule has 17 nitrogen and oxygen atoms in total. The van der Waals surface area contributed by atoms with Gasteiger partial charge in [-0.25, -0.2) is 9.13 Å². The Morgan fingerprint density at radius 3 is 0.791 bits per heavy atom. The predicted octanol–water partition coefficient (Wildman–Crippen LogP) is 18.8. The molecule has 0 aliphatic heterocycles. The largest absolute Gasteiger partial charge is 0.472 e. The Hall–Kier alpha value is -1.94. The maximum absolute atomic E-state index is 13.0. The van der Waals surface area contributed by atoms with Gasteiger partial charge in [-0.15, -0.1) is 0 Å². The molecule has 0 bridgehead atoms. The minimum Gasteiger partial charge on any atom is -0.462 e. The normalized spacial score (nSPS) is 14.2. The molecular weight excluding hydrogens is 1140 g/mol. The van der Waals surface area contributed by atoms with Crippen molar-refractivity contribution in [1.29, 1.82) is 0 Å². The standard InChI is InChI=1S/C67H130O17P2/c1-7-9-11-13-14-15-16-17-18-19-20-21-26-29-32-39-45-51-66(71)83-63(56-78-65(70)50-44-38-31-28-25-23-22-24-27-30-36-41-47-59(3)4)58-82-86(75,76)80-54-61(68)53-79-85(73,74)81-57-62(55-77-64(69)49-43-35-12-10-8-2)84-67(72)52-46-40-34-33-37-42-48-60(5)6/h59-63,68H,7-58H2,1-6H3,(H,73,74)(H,75,76)/t61-,62+,63+/m0/s1. The van der Waals surface area contributed by atoms with Gasteiger partial charge in [0.1, 0.15) is 19.3 Å². The number of hydrogen-bond donors (Lipinski definition) is 3. The summed E-state index contributed by atoms with van der Waals surface area (Å²) in [5.41, 5.74) is 0. The summed E-state index contributed by atoms with van der Waals surface area (Å²) in [5, 5.41) is 10.5. The lowest BCUT2D eigenvalue weighted by Gasteiger charge is -2.21.